The highest BCUT2D eigenvalue weighted by Crippen LogP contribution is 2.27. The van der Waals surface area contributed by atoms with Crippen molar-refractivity contribution in [2.75, 3.05) is 25.6 Å². The molecule has 0 aliphatic carbocycles. The number of methoxy groups -OCH3 is 1. The maximum absolute atomic E-state index is 6.04. The molecule has 7 heteroatoms. The Hall–Kier alpha value is -2.11. The van der Waals surface area contributed by atoms with Gasteiger partial charge in [-0.15, -0.1) is 0 Å². The standard InChI is InChI=1S/C16H17Cl2N3O2/c1-22-15-7-4-12(10-14(15)18)21-16(19)20-8-9-23-13-5-2-11(17)3-6-13/h2-7,10H,8-9H2,1H3,(H3,19,20,21). The van der Waals surface area contributed by atoms with Gasteiger partial charge in [-0.05, 0) is 42.5 Å². The highest BCUT2D eigenvalue weighted by atomic mass is 35.5. The summed E-state index contributed by atoms with van der Waals surface area (Å²) in [5.41, 5.74) is 6.55. The zero-order valence-corrected chi connectivity index (χ0v) is 14.1. The smallest absolute Gasteiger partial charge is 0.193 e. The summed E-state index contributed by atoms with van der Waals surface area (Å²) in [4.78, 5) is 4.18. The first-order chi connectivity index (χ1) is 11.1. The van der Waals surface area contributed by atoms with Gasteiger partial charge in [0.1, 0.15) is 18.1 Å². The molecule has 0 saturated heterocycles. The number of nitrogens with one attached hydrogen (secondary N) is 1. The molecule has 0 amide bonds. The van der Waals surface area contributed by atoms with E-state index < -0.39 is 0 Å². The number of halogens is 2. The number of hydrogen-bond donors (Lipinski definition) is 2. The summed E-state index contributed by atoms with van der Waals surface area (Å²) in [5.74, 6) is 1.62. The molecule has 0 bridgehead atoms. The van der Waals surface area contributed by atoms with Crippen molar-refractivity contribution < 1.29 is 9.47 Å². The Morgan fingerprint density at radius 2 is 1.91 bits per heavy atom. The van der Waals surface area contributed by atoms with Crippen LogP contribution in [0.15, 0.2) is 47.5 Å². The van der Waals surface area contributed by atoms with E-state index in [-0.39, 0.29) is 5.96 Å². The Morgan fingerprint density at radius 1 is 1.17 bits per heavy atom. The van der Waals surface area contributed by atoms with Crippen LogP contribution in [0.2, 0.25) is 10.0 Å². The summed E-state index contributed by atoms with van der Waals surface area (Å²) < 4.78 is 10.6. The molecule has 0 fully saturated rings. The third kappa shape index (κ3) is 5.54. The van der Waals surface area contributed by atoms with Crippen LogP contribution in [0, 0.1) is 0 Å². The molecule has 2 rings (SSSR count). The van der Waals surface area contributed by atoms with Crippen LogP contribution in [0.3, 0.4) is 0 Å². The van der Waals surface area contributed by atoms with Crippen molar-refractivity contribution in [2.45, 2.75) is 0 Å². The number of hydrogen-bond acceptors (Lipinski definition) is 3. The van der Waals surface area contributed by atoms with E-state index in [0.717, 1.165) is 11.4 Å². The van der Waals surface area contributed by atoms with Crippen LogP contribution in [-0.4, -0.2) is 26.2 Å². The van der Waals surface area contributed by atoms with Gasteiger partial charge in [0.25, 0.3) is 0 Å². The van der Waals surface area contributed by atoms with Gasteiger partial charge in [-0.3, -0.25) is 0 Å². The molecule has 122 valence electrons. The number of benzene rings is 2. The summed E-state index contributed by atoms with van der Waals surface area (Å²) in [6.07, 6.45) is 0. The second kappa shape index (κ2) is 8.50. The Morgan fingerprint density at radius 3 is 2.57 bits per heavy atom. The van der Waals surface area contributed by atoms with E-state index in [4.69, 9.17) is 38.4 Å². The van der Waals surface area contributed by atoms with Crippen molar-refractivity contribution in [2.24, 2.45) is 10.7 Å². The number of anilines is 1. The summed E-state index contributed by atoms with van der Waals surface area (Å²) in [6, 6.07) is 12.4. The van der Waals surface area contributed by atoms with Crippen molar-refractivity contribution in [3.05, 3.63) is 52.5 Å². The van der Waals surface area contributed by atoms with Gasteiger partial charge in [-0.25, -0.2) is 4.99 Å². The van der Waals surface area contributed by atoms with Crippen LogP contribution in [0.1, 0.15) is 0 Å². The minimum Gasteiger partial charge on any atom is -0.495 e. The predicted molar refractivity (Wildman–Crippen MR) is 95.1 cm³/mol. The third-order valence-corrected chi connectivity index (χ3v) is 3.43. The van der Waals surface area contributed by atoms with Gasteiger partial charge in [0.2, 0.25) is 0 Å². The van der Waals surface area contributed by atoms with E-state index in [1.165, 1.54) is 0 Å². The molecule has 0 unspecified atom stereocenters. The third-order valence-electron chi connectivity index (χ3n) is 2.88. The quantitative estimate of drug-likeness (QED) is 0.470. The molecular weight excluding hydrogens is 337 g/mol. The highest BCUT2D eigenvalue weighted by Gasteiger charge is 2.02. The normalized spacial score (nSPS) is 11.2. The molecule has 0 saturated carbocycles. The molecule has 23 heavy (non-hydrogen) atoms. The van der Waals surface area contributed by atoms with E-state index in [1.54, 1.807) is 49.6 Å². The molecule has 2 aromatic rings. The van der Waals surface area contributed by atoms with Gasteiger partial charge in [-0.2, -0.15) is 0 Å². The van der Waals surface area contributed by atoms with Gasteiger partial charge >= 0.3 is 0 Å². The fourth-order valence-electron chi connectivity index (χ4n) is 1.79. The lowest BCUT2D eigenvalue weighted by atomic mass is 10.3. The molecule has 0 aromatic heterocycles. The van der Waals surface area contributed by atoms with Crippen molar-refractivity contribution in [3.63, 3.8) is 0 Å². The van der Waals surface area contributed by atoms with Crippen LogP contribution in [-0.2, 0) is 0 Å². The molecule has 3 N–H and O–H groups in total. The van der Waals surface area contributed by atoms with E-state index in [2.05, 4.69) is 10.3 Å². The number of guanidine groups is 1. The van der Waals surface area contributed by atoms with Crippen molar-refractivity contribution in [1.82, 2.24) is 0 Å². The highest BCUT2D eigenvalue weighted by molar-refractivity contribution is 6.32. The molecule has 0 aliphatic heterocycles. The van der Waals surface area contributed by atoms with Crippen LogP contribution < -0.4 is 20.5 Å². The minimum atomic E-state index is 0.283. The zero-order chi connectivity index (χ0) is 16.7. The molecule has 0 heterocycles. The van der Waals surface area contributed by atoms with Crippen molar-refractivity contribution in [3.8, 4) is 11.5 Å². The maximum atomic E-state index is 6.04. The molecule has 5 nitrogen and oxygen atoms in total. The monoisotopic (exact) mass is 353 g/mol. The Kier molecular flexibility index (Phi) is 6.38. The molecule has 0 atom stereocenters. The number of aliphatic imine (C=N–C) groups is 1. The second-order valence-corrected chi connectivity index (χ2v) is 5.39. The van der Waals surface area contributed by atoms with Crippen molar-refractivity contribution >= 4 is 34.8 Å². The van der Waals surface area contributed by atoms with E-state index in [9.17, 15) is 0 Å². The summed E-state index contributed by atoms with van der Waals surface area (Å²) in [5, 5.41) is 4.12. The number of ether oxygens (including phenoxy) is 2. The molecule has 2 aromatic carbocycles. The largest absolute Gasteiger partial charge is 0.495 e. The van der Waals surface area contributed by atoms with Crippen molar-refractivity contribution in [1.29, 1.82) is 0 Å². The van der Waals surface area contributed by atoms with Crippen LogP contribution in [0.5, 0.6) is 11.5 Å². The predicted octanol–water partition coefficient (Wildman–Crippen LogP) is 3.81. The number of nitrogens with zero attached hydrogens (tertiary/aromatic N) is 1. The Balaban J connectivity index is 1.81. The van der Waals surface area contributed by atoms with Gasteiger partial charge < -0.3 is 20.5 Å². The first kappa shape index (κ1) is 17.2. The first-order valence-corrected chi connectivity index (χ1v) is 7.63. The lowest BCUT2D eigenvalue weighted by Crippen LogP contribution is -2.23. The SMILES string of the molecule is COc1ccc(NC(N)=NCCOc2ccc(Cl)cc2)cc1Cl. The fraction of sp³-hybridized carbons (Fsp3) is 0.188. The van der Waals surface area contributed by atoms with E-state index >= 15 is 0 Å². The van der Waals surface area contributed by atoms with Crippen LogP contribution in [0.25, 0.3) is 0 Å². The summed E-state index contributed by atoms with van der Waals surface area (Å²) in [7, 11) is 1.56. The van der Waals surface area contributed by atoms with Crippen LogP contribution in [0.4, 0.5) is 5.69 Å². The number of nitrogens with two attached hydrogens (primary N) is 1. The Bertz CT molecular complexity index is 676. The fourth-order valence-corrected chi connectivity index (χ4v) is 2.18. The van der Waals surface area contributed by atoms with E-state index in [0.29, 0.717) is 28.9 Å². The molecule has 0 spiro atoms. The minimum absolute atomic E-state index is 0.283. The average Bonchev–Trinajstić information content (AvgIpc) is 2.53. The van der Waals surface area contributed by atoms with Gasteiger partial charge in [0.15, 0.2) is 5.96 Å². The summed E-state index contributed by atoms with van der Waals surface area (Å²) >= 11 is 11.8. The second-order valence-electron chi connectivity index (χ2n) is 4.54. The van der Waals surface area contributed by atoms with Crippen LogP contribution >= 0.6 is 23.2 Å². The zero-order valence-electron chi connectivity index (χ0n) is 12.6. The molecular formula is C16H17Cl2N3O2. The van der Waals surface area contributed by atoms with Gasteiger partial charge in [0, 0.05) is 10.7 Å². The lowest BCUT2D eigenvalue weighted by molar-refractivity contribution is 0.329. The topological polar surface area (TPSA) is 68.9 Å². The summed E-state index contributed by atoms with van der Waals surface area (Å²) in [6.45, 7) is 0.832. The Labute approximate surface area is 145 Å². The maximum Gasteiger partial charge on any atom is 0.193 e. The van der Waals surface area contributed by atoms with E-state index in [1.807, 2.05) is 0 Å². The molecule has 0 aliphatic rings. The number of rotatable bonds is 6. The first-order valence-electron chi connectivity index (χ1n) is 6.87. The average molecular weight is 354 g/mol. The lowest BCUT2D eigenvalue weighted by Gasteiger charge is -2.09. The van der Waals surface area contributed by atoms with Gasteiger partial charge in [0.05, 0.1) is 18.7 Å². The molecule has 0 radical (unpaired) electrons. The van der Waals surface area contributed by atoms with Gasteiger partial charge in [-0.1, -0.05) is 23.2 Å².